The van der Waals surface area contributed by atoms with Gasteiger partial charge in [0.2, 0.25) is 5.43 Å². The van der Waals surface area contributed by atoms with Crippen LogP contribution in [0.1, 0.15) is 46.9 Å². The lowest BCUT2D eigenvalue weighted by molar-refractivity contribution is -0.138. The van der Waals surface area contributed by atoms with Crippen molar-refractivity contribution in [3.8, 4) is 5.75 Å². The highest BCUT2D eigenvalue weighted by Crippen LogP contribution is 2.36. The van der Waals surface area contributed by atoms with E-state index in [4.69, 9.17) is 4.74 Å². The number of aliphatic hydroxyl groups excluding tert-OH is 1. The highest BCUT2D eigenvalue weighted by molar-refractivity contribution is 5.93. The van der Waals surface area contributed by atoms with E-state index in [0.717, 1.165) is 18.3 Å². The van der Waals surface area contributed by atoms with Crippen molar-refractivity contribution in [2.24, 2.45) is 5.92 Å². The molecule has 0 aliphatic rings. The molecule has 1 atom stereocenters. The number of carbonyl (C=O) groups is 1. The van der Waals surface area contributed by atoms with Crippen LogP contribution in [0.5, 0.6) is 5.75 Å². The van der Waals surface area contributed by atoms with Gasteiger partial charge in [0, 0.05) is 24.1 Å². The predicted octanol–water partition coefficient (Wildman–Crippen LogP) is 4.65. The molecule has 34 heavy (non-hydrogen) atoms. The minimum atomic E-state index is -4.81. The number of hydrogen-bond acceptors (Lipinski definition) is 4. The molecule has 6 nitrogen and oxygen atoms in total. The van der Waals surface area contributed by atoms with Crippen molar-refractivity contribution in [3.05, 3.63) is 74.8 Å². The molecule has 0 aliphatic heterocycles. The van der Waals surface area contributed by atoms with E-state index in [2.05, 4.69) is 0 Å². The van der Waals surface area contributed by atoms with Gasteiger partial charge in [0.1, 0.15) is 17.1 Å². The lowest BCUT2D eigenvalue weighted by atomic mass is 9.96. The zero-order chi connectivity index (χ0) is 25.4. The summed E-state index contributed by atoms with van der Waals surface area (Å²) in [5, 5.41) is 19.4. The lowest BCUT2D eigenvalue weighted by Gasteiger charge is -2.25. The van der Waals surface area contributed by atoms with Crippen LogP contribution in [0.4, 0.5) is 17.6 Å². The van der Waals surface area contributed by atoms with Gasteiger partial charge in [-0.1, -0.05) is 19.9 Å². The smallest absolute Gasteiger partial charge is 0.416 e. The van der Waals surface area contributed by atoms with Gasteiger partial charge in [0.05, 0.1) is 30.8 Å². The normalized spacial score (nSPS) is 12.9. The molecule has 0 aliphatic carbocycles. The van der Waals surface area contributed by atoms with Crippen LogP contribution < -0.4 is 10.2 Å². The van der Waals surface area contributed by atoms with Gasteiger partial charge in [0.25, 0.3) is 0 Å². The van der Waals surface area contributed by atoms with Gasteiger partial charge in [-0.3, -0.25) is 4.79 Å². The Morgan fingerprint density at radius 3 is 2.35 bits per heavy atom. The van der Waals surface area contributed by atoms with Crippen molar-refractivity contribution >= 4 is 16.9 Å². The molecular weight excluding hydrogens is 458 g/mol. The number of halogens is 4. The van der Waals surface area contributed by atoms with Crippen molar-refractivity contribution < 1.29 is 37.3 Å². The van der Waals surface area contributed by atoms with E-state index in [0.29, 0.717) is 6.07 Å². The van der Waals surface area contributed by atoms with Gasteiger partial charge in [-0.2, -0.15) is 13.2 Å². The van der Waals surface area contributed by atoms with E-state index in [1.807, 2.05) is 13.8 Å². The quantitative estimate of drug-likeness (QED) is 0.480. The molecule has 0 fully saturated rings. The summed E-state index contributed by atoms with van der Waals surface area (Å²) in [5.41, 5.74) is -2.32. The molecule has 3 rings (SSSR count). The number of aromatic carboxylic acids is 1. The number of carboxylic acid groups (broad SMARTS) is 1. The molecule has 0 spiro atoms. The minimum absolute atomic E-state index is 0.0505. The lowest BCUT2D eigenvalue weighted by Crippen LogP contribution is -2.25. The maximum atomic E-state index is 13.5. The summed E-state index contributed by atoms with van der Waals surface area (Å²) in [6.45, 7) is 3.28. The first-order chi connectivity index (χ1) is 15.9. The SMILES string of the molecule is COc1cc2c(cc1Cc1ccc(F)cc1C(F)(F)F)c(=O)c(C(=O)O)cn2[C@H](CO)C(C)C. The summed E-state index contributed by atoms with van der Waals surface area (Å²) < 4.78 is 60.8. The molecule has 1 aromatic heterocycles. The highest BCUT2D eigenvalue weighted by Gasteiger charge is 2.34. The van der Waals surface area contributed by atoms with Crippen molar-refractivity contribution in [1.29, 1.82) is 0 Å². The summed E-state index contributed by atoms with van der Waals surface area (Å²) in [5.74, 6) is -2.51. The van der Waals surface area contributed by atoms with Gasteiger partial charge < -0.3 is 19.5 Å². The van der Waals surface area contributed by atoms with E-state index in [1.54, 1.807) is 0 Å². The number of aliphatic hydroxyl groups is 1. The summed E-state index contributed by atoms with van der Waals surface area (Å²) >= 11 is 0. The van der Waals surface area contributed by atoms with Gasteiger partial charge >= 0.3 is 12.1 Å². The van der Waals surface area contributed by atoms with Crippen LogP contribution in [-0.4, -0.2) is 34.5 Å². The second-order valence-electron chi connectivity index (χ2n) is 8.24. The summed E-state index contributed by atoms with van der Waals surface area (Å²) in [7, 11) is 1.31. The van der Waals surface area contributed by atoms with E-state index >= 15 is 0 Å². The molecule has 0 radical (unpaired) electrons. The molecule has 2 N–H and O–H groups in total. The maximum Gasteiger partial charge on any atom is 0.416 e. The van der Waals surface area contributed by atoms with E-state index in [1.165, 1.54) is 23.8 Å². The number of aromatic nitrogens is 1. The third kappa shape index (κ3) is 4.77. The maximum absolute atomic E-state index is 13.5. The zero-order valence-corrected chi connectivity index (χ0v) is 18.6. The number of hydrogen-bond donors (Lipinski definition) is 2. The number of carboxylic acids is 1. The Labute approximate surface area is 192 Å². The molecular formula is C24H23F4NO5. The van der Waals surface area contributed by atoms with E-state index in [-0.39, 0.29) is 46.7 Å². The Bertz CT molecular complexity index is 1300. The van der Waals surface area contributed by atoms with Crippen molar-refractivity contribution in [3.63, 3.8) is 0 Å². The highest BCUT2D eigenvalue weighted by atomic mass is 19.4. The van der Waals surface area contributed by atoms with Crippen LogP contribution in [0.25, 0.3) is 10.9 Å². The molecule has 1 heterocycles. The third-order valence-electron chi connectivity index (χ3n) is 5.74. The molecule has 3 aromatic rings. The Morgan fingerprint density at radius 2 is 1.82 bits per heavy atom. The Morgan fingerprint density at radius 1 is 1.15 bits per heavy atom. The zero-order valence-electron chi connectivity index (χ0n) is 18.6. The topological polar surface area (TPSA) is 88.8 Å². The number of methoxy groups -OCH3 is 1. The van der Waals surface area contributed by atoms with Crippen molar-refractivity contribution in [2.45, 2.75) is 32.5 Å². The number of pyridine rings is 1. The number of rotatable bonds is 7. The van der Waals surface area contributed by atoms with Crippen LogP contribution in [0.3, 0.4) is 0 Å². The summed E-state index contributed by atoms with van der Waals surface area (Å²) in [4.78, 5) is 24.7. The molecule has 0 bridgehead atoms. The fraction of sp³-hybridized carbons (Fsp3) is 0.333. The van der Waals surface area contributed by atoms with Crippen LogP contribution in [0, 0.1) is 11.7 Å². The molecule has 2 aromatic carbocycles. The first-order valence-electron chi connectivity index (χ1n) is 10.3. The van der Waals surface area contributed by atoms with Crippen molar-refractivity contribution in [1.82, 2.24) is 4.57 Å². The third-order valence-corrected chi connectivity index (χ3v) is 5.74. The number of benzene rings is 2. The molecule has 0 saturated heterocycles. The summed E-state index contributed by atoms with van der Waals surface area (Å²) in [6.07, 6.45) is -4.01. The first-order valence-corrected chi connectivity index (χ1v) is 10.3. The number of fused-ring (bicyclic) bond motifs is 1. The van der Waals surface area contributed by atoms with Gasteiger partial charge in [-0.05, 0) is 35.2 Å². The molecule has 0 saturated carbocycles. The molecule has 0 unspecified atom stereocenters. The monoisotopic (exact) mass is 481 g/mol. The molecule has 10 heteroatoms. The number of alkyl halides is 3. The van der Waals surface area contributed by atoms with Crippen LogP contribution in [0.2, 0.25) is 0 Å². The van der Waals surface area contributed by atoms with E-state index in [9.17, 15) is 37.4 Å². The Hall–Kier alpha value is -3.40. The fourth-order valence-corrected chi connectivity index (χ4v) is 3.97. The second-order valence-corrected chi connectivity index (χ2v) is 8.24. The van der Waals surface area contributed by atoms with Gasteiger partial charge in [0.15, 0.2) is 0 Å². The van der Waals surface area contributed by atoms with Crippen LogP contribution in [-0.2, 0) is 12.6 Å². The molecule has 0 amide bonds. The first kappa shape index (κ1) is 25.2. The van der Waals surface area contributed by atoms with Crippen molar-refractivity contribution in [2.75, 3.05) is 13.7 Å². The van der Waals surface area contributed by atoms with Crippen LogP contribution in [0.15, 0.2) is 41.3 Å². The second kappa shape index (κ2) is 9.46. The van der Waals surface area contributed by atoms with Crippen LogP contribution >= 0.6 is 0 Å². The molecule has 182 valence electrons. The predicted molar refractivity (Wildman–Crippen MR) is 117 cm³/mol. The van der Waals surface area contributed by atoms with Gasteiger partial charge in [-0.25, -0.2) is 9.18 Å². The summed E-state index contributed by atoms with van der Waals surface area (Å²) in [6, 6.07) is 4.45. The van der Waals surface area contributed by atoms with Gasteiger partial charge in [-0.15, -0.1) is 0 Å². The van der Waals surface area contributed by atoms with E-state index < -0.39 is 40.6 Å². The minimum Gasteiger partial charge on any atom is -0.496 e. The average molecular weight is 481 g/mol. The number of ether oxygens (including phenoxy) is 1. The largest absolute Gasteiger partial charge is 0.496 e. The average Bonchev–Trinajstić information content (AvgIpc) is 2.75. The Kier molecular flexibility index (Phi) is 7.02. The number of nitrogens with zero attached hydrogens (tertiary/aromatic N) is 1. The fourth-order valence-electron chi connectivity index (χ4n) is 3.97. The Balaban J connectivity index is 2.32. The standard InChI is InChI=1S/C24H23F4NO5/c1-12(2)20(11-30)29-10-17(23(32)33)22(31)16-7-14(21(34-3)9-19(16)29)6-13-4-5-15(25)8-18(13)24(26,27)28/h4-5,7-10,12,20,30H,6,11H2,1-3H3,(H,32,33)/t20-/m1/s1.